The second-order valence-electron chi connectivity index (χ2n) is 6.35. The molecule has 0 aliphatic heterocycles. The monoisotopic (exact) mass is 481 g/mol. The summed E-state index contributed by atoms with van der Waals surface area (Å²) in [7, 11) is -4.05. The molecular weight excluding hydrogens is 465 g/mol. The zero-order chi connectivity index (χ0) is 22.6. The second kappa shape index (κ2) is 9.61. The number of hydrogen-bond acceptors (Lipinski definition) is 7. The molecule has 0 saturated carbocycles. The van der Waals surface area contributed by atoms with Gasteiger partial charge in [-0.15, -0.1) is 0 Å². The predicted molar refractivity (Wildman–Crippen MR) is 116 cm³/mol. The Balaban J connectivity index is 1.97. The lowest BCUT2D eigenvalue weighted by Crippen LogP contribution is -2.17. The van der Waals surface area contributed by atoms with E-state index in [1.165, 1.54) is 48.8 Å². The Morgan fingerprint density at radius 1 is 1.16 bits per heavy atom. The number of ketones is 1. The Kier molecular flexibility index (Phi) is 7.11. The Morgan fingerprint density at radius 3 is 2.65 bits per heavy atom. The smallest absolute Gasteiger partial charge is 0.261 e. The van der Waals surface area contributed by atoms with Gasteiger partial charge in [-0.2, -0.15) is 0 Å². The van der Waals surface area contributed by atoms with E-state index in [0.717, 1.165) is 0 Å². The zero-order valence-corrected chi connectivity index (χ0v) is 18.5. The normalized spacial score (nSPS) is 11.2. The zero-order valence-electron chi connectivity index (χ0n) is 16.2. The molecule has 0 aliphatic rings. The van der Waals surface area contributed by atoms with Gasteiger partial charge in [-0.05, 0) is 42.8 Å². The lowest BCUT2D eigenvalue weighted by Gasteiger charge is -2.13. The van der Waals surface area contributed by atoms with Gasteiger partial charge in [-0.1, -0.05) is 23.2 Å². The van der Waals surface area contributed by atoms with Crippen molar-refractivity contribution in [3.63, 3.8) is 0 Å². The molecule has 0 radical (unpaired) electrons. The number of aliphatic hydroxyl groups excluding tert-OH is 1. The molecule has 0 unspecified atom stereocenters. The van der Waals surface area contributed by atoms with Crippen molar-refractivity contribution < 1.29 is 23.1 Å². The highest BCUT2D eigenvalue weighted by molar-refractivity contribution is 7.92. The minimum Gasteiger partial charge on any atom is -0.475 e. The third-order valence-electron chi connectivity index (χ3n) is 4.09. The van der Waals surface area contributed by atoms with E-state index in [9.17, 15) is 13.2 Å². The fourth-order valence-corrected chi connectivity index (χ4v) is 4.02. The largest absolute Gasteiger partial charge is 0.475 e. The van der Waals surface area contributed by atoms with Crippen molar-refractivity contribution in [2.45, 2.75) is 11.8 Å². The van der Waals surface area contributed by atoms with Crippen LogP contribution in [0.1, 0.15) is 21.6 Å². The van der Waals surface area contributed by atoms with Crippen LogP contribution in [0.5, 0.6) is 5.88 Å². The summed E-state index contributed by atoms with van der Waals surface area (Å²) in [4.78, 5) is 21.0. The minimum absolute atomic E-state index is 0.00932. The number of rotatable bonds is 8. The maximum absolute atomic E-state index is 13.0. The first-order chi connectivity index (χ1) is 14.7. The molecule has 1 aromatic carbocycles. The number of halogens is 2. The number of carbonyl (C=O) groups excluding carboxylic acids is 1. The highest BCUT2D eigenvalue weighted by Gasteiger charge is 2.22. The summed E-state index contributed by atoms with van der Waals surface area (Å²) in [5.41, 5.74) is 0.510. The number of aryl methyl sites for hydroxylation is 1. The van der Waals surface area contributed by atoms with E-state index in [1.54, 1.807) is 6.92 Å². The predicted octanol–water partition coefficient (Wildman–Crippen LogP) is 3.49. The molecule has 0 spiro atoms. The van der Waals surface area contributed by atoms with Crippen LogP contribution in [0.4, 0.5) is 5.69 Å². The van der Waals surface area contributed by atoms with E-state index in [1.807, 2.05) is 0 Å². The molecule has 0 bridgehead atoms. The Bertz CT molecular complexity index is 1240. The molecule has 0 fully saturated rings. The number of nitrogens with one attached hydrogen (secondary N) is 1. The number of pyridine rings is 2. The van der Waals surface area contributed by atoms with Gasteiger partial charge in [0.05, 0.1) is 22.2 Å². The molecule has 2 aromatic heterocycles. The fraction of sp³-hybridized carbons (Fsp3) is 0.150. The highest BCUT2D eigenvalue weighted by Crippen LogP contribution is 2.26. The number of benzene rings is 1. The van der Waals surface area contributed by atoms with Crippen LogP contribution in [-0.2, 0) is 10.0 Å². The quantitative estimate of drug-likeness (QED) is 0.472. The van der Waals surface area contributed by atoms with Gasteiger partial charge in [0.25, 0.3) is 10.0 Å². The third-order valence-corrected chi connectivity index (χ3v) is 6.09. The third kappa shape index (κ3) is 5.50. The number of sulfonamides is 1. The van der Waals surface area contributed by atoms with Crippen molar-refractivity contribution in [2.24, 2.45) is 0 Å². The molecular formula is C20H17Cl2N3O5S. The summed E-state index contributed by atoms with van der Waals surface area (Å²) in [6, 6.07) is 8.34. The standard InChI is InChI=1S/C20H17Cl2N3O5S/c1-12-8-15(2-3-16(12)22)31(28,29)25-17-10-14(21)11-24-19(17)20(27)13-4-5-23-18(9-13)30-7-6-26/h2-5,8-11,25-26H,6-7H2,1H3. The molecule has 0 amide bonds. The van der Waals surface area contributed by atoms with E-state index in [0.29, 0.717) is 10.6 Å². The van der Waals surface area contributed by atoms with E-state index in [-0.39, 0.29) is 46.0 Å². The van der Waals surface area contributed by atoms with Crippen LogP contribution in [0.3, 0.4) is 0 Å². The molecule has 11 heteroatoms. The molecule has 0 atom stereocenters. The van der Waals surface area contributed by atoms with Gasteiger partial charge in [0.1, 0.15) is 12.3 Å². The average Bonchev–Trinajstić information content (AvgIpc) is 2.73. The van der Waals surface area contributed by atoms with E-state index in [4.69, 9.17) is 33.0 Å². The molecule has 0 aliphatic carbocycles. The van der Waals surface area contributed by atoms with Crippen LogP contribution >= 0.6 is 23.2 Å². The maximum atomic E-state index is 13.0. The number of aromatic nitrogens is 2. The van der Waals surface area contributed by atoms with Crippen LogP contribution in [0, 0.1) is 6.92 Å². The second-order valence-corrected chi connectivity index (χ2v) is 8.88. The Labute approximate surface area is 188 Å². The fourth-order valence-electron chi connectivity index (χ4n) is 2.60. The Hall–Kier alpha value is -2.72. The van der Waals surface area contributed by atoms with Gasteiger partial charge in [-0.3, -0.25) is 9.52 Å². The van der Waals surface area contributed by atoms with E-state index >= 15 is 0 Å². The topological polar surface area (TPSA) is 118 Å². The number of nitrogens with zero attached hydrogens (tertiary/aromatic N) is 2. The van der Waals surface area contributed by atoms with Crippen LogP contribution < -0.4 is 9.46 Å². The molecule has 2 N–H and O–H groups in total. The molecule has 3 aromatic rings. The Morgan fingerprint density at radius 2 is 1.94 bits per heavy atom. The van der Waals surface area contributed by atoms with Gasteiger partial charge in [0.15, 0.2) is 0 Å². The first-order valence-electron chi connectivity index (χ1n) is 8.90. The first kappa shape index (κ1) is 23.0. The minimum atomic E-state index is -4.05. The number of ether oxygens (including phenoxy) is 1. The average molecular weight is 482 g/mol. The van der Waals surface area contributed by atoms with Crippen LogP contribution in [0.2, 0.25) is 10.0 Å². The number of carbonyl (C=O) groups is 1. The van der Waals surface area contributed by atoms with Crippen molar-refractivity contribution in [2.75, 3.05) is 17.9 Å². The summed E-state index contributed by atoms with van der Waals surface area (Å²) in [6.07, 6.45) is 2.60. The van der Waals surface area contributed by atoms with Crippen LogP contribution in [-0.4, -0.2) is 42.5 Å². The van der Waals surface area contributed by atoms with Gasteiger partial charge in [-0.25, -0.2) is 18.4 Å². The van der Waals surface area contributed by atoms with E-state index in [2.05, 4.69) is 14.7 Å². The molecule has 31 heavy (non-hydrogen) atoms. The summed E-state index contributed by atoms with van der Waals surface area (Å²) < 4.78 is 33.3. The van der Waals surface area contributed by atoms with Crippen molar-refractivity contribution in [1.82, 2.24) is 9.97 Å². The summed E-state index contributed by atoms with van der Waals surface area (Å²) in [5, 5.41) is 9.44. The SMILES string of the molecule is Cc1cc(S(=O)(=O)Nc2cc(Cl)cnc2C(=O)c2ccnc(OCCO)c2)ccc1Cl. The van der Waals surface area contributed by atoms with Crippen molar-refractivity contribution >= 4 is 44.7 Å². The van der Waals surface area contributed by atoms with E-state index < -0.39 is 15.8 Å². The van der Waals surface area contributed by atoms with Gasteiger partial charge in [0, 0.05) is 29.0 Å². The number of hydrogen-bond donors (Lipinski definition) is 2. The lowest BCUT2D eigenvalue weighted by molar-refractivity contribution is 0.103. The van der Waals surface area contributed by atoms with Crippen molar-refractivity contribution in [1.29, 1.82) is 0 Å². The van der Waals surface area contributed by atoms with Gasteiger partial charge < -0.3 is 9.84 Å². The molecule has 2 heterocycles. The molecule has 0 saturated heterocycles. The summed E-state index contributed by atoms with van der Waals surface area (Å²) >= 11 is 12.0. The molecule has 162 valence electrons. The first-order valence-corrected chi connectivity index (χ1v) is 11.1. The van der Waals surface area contributed by atoms with Gasteiger partial charge in [0.2, 0.25) is 11.7 Å². The maximum Gasteiger partial charge on any atom is 0.261 e. The number of aliphatic hydroxyl groups is 1. The summed E-state index contributed by atoms with van der Waals surface area (Å²) in [6.45, 7) is 1.47. The lowest BCUT2D eigenvalue weighted by atomic mass is 10.1. The molecule has 3 rings (SSSR count). The highest BCUT2D eigenvalue weighted by atomic mass is 35.5. The van der Waals surface area contributed by atoms with Crippen LogP contribution in [0.15, 0.2) is 53.7 Å². The number of anilines is 1. The summed E-state index contributed by atoms with van der Waals surface area (Å²) in [5.74, 6) is -0.439. The molecule has 8 nitrogen and oxygen atoms in total. The van der Waals surface area contributed by atoms with Crippen molar-refractivity contribution in [3.05, 3.63) is 75.7 Å². The van der Waals surface area contributed by atoms with Gasteiger partial charge >= 0.3 is 0 Å². The van der Waals surface area contributed by atoms with Crippen molar-refractivity contribution in [3.8, 4) is 5.88 Å². The van der Waals surface area contributed by atoms with Crippen LogP contribution in [0.25, 0.3) is 0 Å².